The van der Waals surface area contributed by atoms with Gasteiger partial charge in [-0.2, -0.15) is 0 Å². The summed E-state index contributed by atoms with van der Waals surface area (Å²) in [6.07, 6.45) is 2.01. The third kappa shape index (κ3) is 5.72. The minimum atomic E-state index is -0.470. The van der Waals surface area contributed by atoms with Crippen molar-refractivity contribution >= 4 is 39.6 Å². The molecule has 4 N–H and O–H groups in total. The summed E-state index contributed by atoms with van der Waals surface area (Å²) in [4.78, 5) is 16.6. The molecule has 1 aromatic rings. The van der Waals surface area contributed by atoms with Crippen LogP contribution in [0.4, 0.5) is 10.5 Å². The monoisotopic (exact) mass is 355 g/mol. The second-order valence-corrected chi connectivity index (χ2v) is 7.34. The van der Waals surface area contributed by atoms with Crippen molar-refractivity contribution in [2.75, 3.05) is 18.3 Å². The lowest BCUT2D eigenvalue weighted by molar-refractivity contribution is 0.216. The molecule has 0 saturated heterocycles. The zero-order chi connectivity index (χ0) is 17.6. The minimum Gasteiger partial charge on any atom is -0.269 e. The Kier molecular flexibility index (Phi) is 7.90. The van der Waals surface area contributed by atoms with Gasteiger partial charge in [-0.15, -0.1) is 11.8 Å². The quantitative estimate of drug-likeness (QED) is 0.285. The maximum atomic E-state index is 12.0. The SMILES string of the molecule is CS/C(=N/C(C)C)SCc1c(C)cccc1N(N)C(=O)N(C)N. The summed E-state index contributed by atoms with van der Waals surface area (Å²) >= 11 is 3.27. The fourth-order valence-corrected chi connectivity index (χ4v) is 3.76. The molecule has 0 atom stereocenters. The van der Waals surface area contributed by atoms with Crippen LogP contribution in [0.15, 0.2) is 23.2 Å². The second-order valence-electron chi connectivity index (χ2n) is 5.32. The van der Waals surface area contributed by atoms with Gasteiger partial charge in [-0.25, -0.2) is 21.5 Å². The zero-order valence-electron chi connectivity index (χ0n) is 14.2. The van der Waals surface area contributed by atoms with Crippen LogP contribution in [0, 0.1) is 6.92 Å². The third-order valence-corrected chi connectivity index (χ3v) is 5.12. The number of urea groups is 1. The summed E-state index contributed by atoms with van der Waals surface area (Å²) in [5.41, 5.74) is 2.73. The maximum absolute atomic E-state index is 12.0. The summed E-state index contributed by atoms with van der Waals surface area (Å²) in [7, 11) is 1.47. The van der Waals surface area contributed by atoms with Crippen molar-refractivity contribution in [2.45, 2.75) is 32.6 Å². The Morgan fingerprint density at radius 3 is 2.52 bits per heavy atom. The lowest BCUT2D eigenvalue weighted by Gasteiger charge is -2.24. The van der Waals surface area contributed by atoms with Crippen LogP contribution in [0.3, 0.4) is 0 Å². The largest absolute Gasteiger partial charge is 0.352 e. The molecule has 0 spiro atoms. The van der Waals surface area contributed by atoms with E-state index in [0.717, 1.165) is 25.5 Å². The van der Waals surface area contributed by atoms with E-state index >= 15 is 0 Å². The van der Waals surface area contributed by atoms with Crippen LogP contribution in [0.25, 0.3) is 0 Å². The number of hydrogen-bond acceptors (Lipinski definition) is 6. The summed E-state index contributed by atoms with van der Waals surface area (Å²) in [5.74, 6) is 12.1. The lowest BCUT2D eigenvalue weighted by atomic mass is 10.1. The maximum Gasteiger partial charge on any atom is 0.352 e. The number of benzene rings is 1. The number of thioether (sulfide) groups is 2. The normalized spacial score (nSPS) is 11.7. The van der Waals surface area contributed by atoms with Gasteiger partial charge in [0.05, 0.1) is 5.69 Å². The van der Waals surface area contributed by atoms with E-state index in [2.05, 4.69) is 4.99 Å². The van der Waals surface area contributed by atoms with Crippen molar-refractivity contribution in [3.05, 3.63) is 29.3 Å². The van der Waals surface area contributed by atoms with E-state index in [4.69, 9.17) is 11.7 Å². The standard InChI is InChI=1S/C15H25N5OS2/c1-10(2)18-14(22-5)23-9-12-11(3)7-6-8-13(12)20(17)15(21)19(4)16/h6-8,10H,9,16-17H2,1-5H3/b18-14-. The average molecular weight is 356 g/mol. The number of rotatable bonds is 4. The number of hydrazine groups is 2. The lowest BCUT2D eigenvalue weighted by Crippen LogP contribution is -2.49. The number of aliphatic imine (C=N–C) groups is 1. The summed E-state index contributed by atoms with van der Waals surface area (Å²) in [6.45, 7) is 6.10. The average Bonchev–Trinajstić information content (AvgIpc) is 2.50. The molecule has 8 heteroatoms. The molecule has 0 saturated carbocycles. The Bertz CT molecular complexity index is 575. The van der Waals surface area contributed by atoms with Gasteiger partial charge >= 0.3 is 6.03 Å². The van der Waals surface area contributed by atoms with Crippen LogP contribution in [0.2, 0.25) is 0 Å². The number of amides is 2. The molecule has 0 heterocycles. The van der Waals surface area contributed by atoms with E-state index in [-0.39, 0.29) is 6.04 Å². The van der Waals surface area contributed by atoms with Gasteiger partial charge < -0.3 is 0 Å². The third-order valence-electron chi connectivity index (χ3n) is 3.03. The molecule has 0 aliphatic rings. The second kappa shape index (κ2) is 9.17. The summed E-state index contributed by atoms with van der Waals surface area (Å²) in [6, 6.07) is 5.48. The van der Waals surface area contributed by atoms with Crippen LogP contribution in [-0.4, -0.2) is 34.8 Å². The van der Waals surface area contributed by atoms with Crippen molar-refractivity contribution in [1.82, 2.24) is 5.01 Å². The number of nitrogens with zero attached hydrogens (tertiary/aromatic N) is 3. The Morgan fingerprint density at radius 1 is 1.35 bits per heavy atom. The Hall–Kier alpha value is -1.22. The summed E-state index contributed by atoms with van der Waals surface area (Å²) in [5, 5.41) is 2.05. The molecule has 0 fully saturated rings. The number of carbonyl (C=O) groups is 1. The molecule has 6 nitrogen and oxygen atoms in total. The highest BCUT2D eigenvalue weighted by Crippen LogP contribution is 2.29. The summed E-state index contributed by atoms with van der Waals surface area (Å²) < 4.78 is 1.01. The van der Waals surface area contributed by atoms with Gasteiger partial charge in [0.1, 0.15) is 4.38 Å². The Balaban J connectivity index is 3.05. The van der Waals surface area contributed by atoms with Gasteiger partial charge in [-0.05, 0) is 44.2 Å². The van der Waals surface area contributed by atoms with Gasteiger partial charge in [0.15, 0.2) is 0 Å². The Labute approximate surface area is 146 Å². The van der Waals surface area contributed by atoms with E-state index in [1.807, 2.05) is 45.2 Å². The van der Waals surface area contributed by atoms with Gasteiger partial charge in [-0.3, -0.25) is 10.0 Å². The van der Waals surface area contributed by atoms with Crippen molar-refractivity contribution in [3.8, 4) is 0 Å². The van der Waals surface area contributed by atoms with Crippen LogP contribution in [-0.2, 0) is 5.75 Å². The first-order valence-electron chi connectivity index (χ1n) is 7.18. The first kappa shape index (κ1) is 19.8. The van der Waals surface area contributed by atoms with Crippen molar-refractivity contribution in [1.29, 1.82) is 0 Å². The highest BCUT2D eigenvalue weighted by Gasteiger charge is 2.19. The fraction of sp³-hybridized carbons (Fsp3) is 0.467. The van der Waals surface area contributed by atoms with Gasteiger partial charge in [0, 0.05) is 18.8 Å². The van der Waals surface area contributed by atoms with E-state index in [1.165, 1.54) is 7.05 Å². The van der Waals surface area contributed by atoms with Gasteiger partial charge in [0.25, 0.3) is 0 Å². The molecule has 0 aliphatic carbocycles. The van der Waals surface area contributed by atoms with Crippen LogP contribution in [0.1, 0.15) is 25.0 Å². The highest BCUT2D eigenvalue weighted by atomic mass is 32.2. The zero-order valence-corrected chi connectivity index (χ0v) is 15.9. The molecule has 128 valence electrons. The number of anilines is 1. The first-order chi connectivity index (χ1) is 10.8. The van der Waals surface area contributed by atoms with Crippen LogP contribution >= 0.6 is 23.5 Å². The van der Waals surface area contributed by atoms with E-state index in [0.29, 0.717) is 11.4 Å². The molecule has 0 unspecified atom stereocenters. The molecule has 1 rings (SSSR count). The number of nitrogens with two attached hydrogens (primary N) is 2. The first-order valence-corrected chi connectivity index (χ1v) is 9.39. The van der Waals surface area contributed by atoms with Gasteiger partial charge in [-0.1, -0.05) is 23.9 Å². The smallest absolute Gasteiger partial charge is 0.269 e. The molecule has 0 aliphatic heterocycles. The number of aryl methyl sites for hydroxylation is 1. The molecule has 1 aromatic carbocycles. The Morgan fingerprint density at radius 2 is 2.00 bits per heavy atom. The van der Waals surface area contributed by atoms with Crippen LogP contribution in [0.5, 0.6) is 0 Å². The molecular formula is C15H25N5OS2. The van der Waals surface area contributed by atoms with E-state index in [1.54, 1.807) is 23.5 Å². The van der Waals surface area contributed by atoms with E-state index < -0.39 is 6.03 Å². The van der Waals surface area contributed by atoms with Crippen molar-refractivity contribution in [3.63, 3.8) is 0 Å². The topological polar surface area (TPSA) is 88.0 Å². The fourth-order valence-electron chi connectivity index (χ4n) is 1.87. The molecular weight excluding hydrogens is 330 g/mol. The number of hydrogen-bond donors (Lipinski definition) is 2. The van der Waals surface area contributed by atoms with Crippen molar-refractivity contribution in [2.24, 2.45) is 16.7 Å². The minimum absolute atomic E-state index is 0.250. The number of carbonyl (C=O) groups excluding carboxylic acids is 1. The molecule has 0 bridgehead atoms. The van der Waals surface area contributed by atoms with Crippen molar-refractivity contribution < 1.29 is 4.79 Å². The molecule has 0 radical (unpaired) electrons. The van der Waals surface area contributed by atoms with Crippen LogP contribution < -0.4 is 16.7 Å². The predicted octanol–water partition coefficient (Wildman–Crippen LogP) is 2.96. The molecule has 2 amide bonds. The molecule has 0 aromatic heterocycles. The highest BCUT2D eigenvalue weighted by molar-refractivity contribution is 8.38. The molecule has 23 heavy (non-hydrogen) atoms. The predicted molar refractivity (Wildman–Crippen MR) is 103 cm³/mol. The van der Waals surface area contributed by atoms with E-state index in [9.17, 15) is 4.79 Å². The van der Waals surface area contributed by atoms with Gasteiger partial charge in [0.2, 0.25) is 0 Å².